The van der Waals surface area contributed by atoms with E-state index < -0.39 is 0 Å². The molecule has 1 aliphatic heterocycles. The third-order valence-electron chi connectivity index (χ3n) is 4.73. The number of carbonyl (C=O) groups excluding carboxylic acids is 2. The number of hydrazine groups is 1. The molecule has 0 saturated carbocycles. The molecular formula is C20H25N3O3. The van der Waals surface area contributed by atoms with Gasteiger partial charge in [0.1, 0.15) is 5.57 Å². The number of para-hydroxylation sites is 1. The van der Waals surface area contributed by atoms with E-state index in [2.05, 4.69) is 11.5 Å². The minimum Gasteiger partial charge on any atom is -0.383 e. The number of carbonyl (C=O) groups is 2. The van der Waals surface area contributed by atoms with Crippen molar-refractivity contribution >= 4 is 28.8 Å². The zero-order valence-electron chi connectivity index (χ0n) is 15.6. The predicted octanol–water partition coefficient (Wildman–Crippen LogP) is 2.69. The average Bonchev–Trinajstić information content (AvgIpc) is 3.10. The minimum atomic E-state index is -0.250. The van der Waals surface area contributed by atoms with Crippen molar-refractivity contribution in [2.24, 2.45) is 0 Å². The van der Waals surface area contributed by atoms with Crippen LogP contribution in [0.4, 0.5) is 0 Å². The van der Waals surface area contributed by atoms with Gasteiger partial charge in [-0.2, -0.15) is 0 Å². The van der Waals surface area contributed by atoms with Gasteiger partial charge in [-0.15, -0.1) is 0 Å². The van der Waals surface area contributed by atoms with E-state index in [0.717, 1.165) is 29.3 Å². The predicted molar refractivity (Wildman–Crippen MR) is 101 cm³/mol. The van der Waals surface area contributed by atoms with Crippen LogP contribution in [0.25, 0.3) is 17.0 Å². The summed E-state index contributed by atoms with van der Waals surface area (Å²) in [6, 6.07) is 7.98. The van der Waals surface area contributed by atoms with E-state index in [1.54, 1.807) is 20.2 Å². The highest BCUT2D eigenvalue weighted by atomic mass is 16.5. The molecule has 138 valence electrons. The van der Waals surface area contributed by atoms with Gasteiger partial charge in [0.05, 0.1) is 6.61 Å². The third-order valence-corrected chi connectivity index (χ3v) is 4.73. The standard InChI is InChI=1S/C20H25N3O3/c1-4-5-10-23-20(25)17(19(24)21(23)2)13-15-14-22(11-12-26-3)18-9-7-6-8-16(15)18/h6-9,13-14H,4-5,10-12H2,1-3H3/b17-13-. The molecule has 1 aliphatic rings. The fourth-order valence-electron chi connectivity index (χ4n) is 3.25. The van der Waals surface area contributed by atoms with E-state index in [4.69, 9.17) is 4.74 Å². The molecule has 0 radical (unpaired) electrons. The molecule has 1 aromatic carbocycles. The molecule has 2 amide bonds. The number of ether oxygens (including phenoxy) is 1. The molecule has 26 heavy (non-hydrogen) atoms. The second kappa shape index (κ2) is 7.74. The molecular weight excluding hydrogens is 330 g/mol. The Labute approximate surface area is 153 Å². The zero-order valence-corrected chi connectivity index (χ0v) is 15.6. The monoisotopic (exact) mass is 355 g/mol. The first-order valence-corrected chi connectivity index (χ1v) is 8.96. The number of aromatic nitrogens is 1. The van der Waals surface area contributed by atoms with Crippen molar-refractivity contribution < 1.29 is 14.3 Å². The van der Waals surface area contributed by atoms with Crippen molar-refractivity contribution in [3.8, 4) is 0 Å². The number of fused-ring (bicyclic) bond motifs is 1. The van der Waals surface area contributed by atoms with Gasteiger partial charge in [0.15, 0.2) is 0 Å². The number of methoxy groups -OCH3 is 1. The molecule has 1 fully saturated rings. The maximum absolute atomic E-state index is 12.7. The van der Waals surface area contributed by atoms with Crippen LogP contribution >= 0.6 is 0 Å². The van der Waals surface area contributed by atoms with Gasteiger partial charge in [-0.25, -0.2) is 5.01 Å². The van der Waals surface area contributed by atoms with Gasteiger partial charge >= 0.3 is 0 Å². The van der Waals surface area contributed by atoms with Crippen LogP contribution in [0, 0.1) is 0 Å². The van der Waals surface area contributed by atoms with E-state index in [1.165, 1.54) is 10.0 Å². The lowest BCUT2D eigenvalue weighted by atomic mass is 10.1. The third kappa shape index (κ3) is 3.24. The second-order valence-electron chi connectivity index (χ2n) is 6.46. The van der Waals surface area contributed by atoms with Crippen LogP contribution in [0.5, 0.6) is 0 Å². The highest BCUT2D eigenvalue weighted by Gasteiger charge is 2.38. The fourth-order valence-corrected chi connectivity index (χ4v) is 3.25. The quantitative estimate of drug-likeness (QED) is 0.567. The number of hydrogen-bond acceptors (Lipinski definition) is 3. The molecule has 1 aromatic heterocycles. The SMILES string of the molecule is CCCCN1C(=O)/C(=C\c2cn(CCOC)c3ccccc23)C(=O)N1C. The lowest BCUT2D eigenvalue weighted by Gasteiger charge is -2.22. The highest BCUT2D eigenvalue weighted by molar-refractivity contribution is 6.25. The van der Waals surface area contributed by atoms with Crippen LogP contribution in [-0.2, 0) is 20.9 Å². The number of nitrogens with zero attached hydrogens (tertiary/aromatic N) is 3. The summed E-state index contributed by atoms with van der Waals surface area (Å²) in [7, 11) is 3.32. The molecule has 6 heteroatoms. The molecule has 0 atom stereocenters. The van der Waals surface area contributed by atoms with Crippen LogP contribution in [0.2, 0.25) is 0 Å². The molecule has 0 N–H and O–H groups in total. The number of amides is 2. The summed E-state index contributed by atoms with van der Waals surface area (Å²) in [4.78, 5) is 25.3. The van der Waals surface area contributed by atoms with E-state index >= 15 is 0 Å². The topological polar surface area (TPSA) is 54.8 Å². The molecule has 2 heterocycles. The Kier molecular flexibility index (Phi) is 5.42. The van der Waals surface area contributed by atoms with Gasteiger partial charge in [0, 0.05) is 49.9 Å². The van der Waals surface area contributed by atoms with Crippen LogP contribution in [0.15, 0.2) is 36.0 Å². The molecule has 6 nitrogen and oxygen atoms in total. The Morgan fingerprint density at radius 2 is 1.88 bits per heavy atom. The van der Waals surface area contributed by atoms with Crippen molar-refractivity contribution in [2.75, 3.05) is 27.3 Å². The normalized spacial score (nSPS) is 16.5. The van der Waals surface area contributed by atoms with Crippen LogP contribution < -0.4 is 0 Å². The summed E-state index contributed by atoms with van der Waals surface area (Å²) in [6.45, 7) is 3.93. The maximum Gasteiger partial charge on any atom is 0.278 e. The van der Waals surface area contributed by atoms with E-state index in [-0.39, 0.29) is 17.4 Å². The molecule has 2 aromatic rings. The van der Waals surface area contributed by atoms with Gasteiger partial charge in [-0.05, 0) is 18.6 Å². The average molecular weight is 355 g/mol. The van der Waals surface area contributed by atoms with Gasteiger partial charge < -0.3 is 9.30 Å². The molecule has 1 saturated heterocycles. The van der Waals surface area contributed by atoms with E-state index in [9.17, 15) is 9.59 Å². The zero-order chi connectivity index (χ0) is 18.7. The van der Waals surface area contributed by atoms with Crippen LogP contribution in [0.1, 0.15) is 25.3 Å². The van der Waals surface area contributed by atoms with E-state index in [1.807, 2.05) is 30.5 Å². The number of benzene rings is 1. The largest absolute Gasteiger partial charge is 0.383 e. The first-order valence-electron chi connectivity index (χ1n) is 8.96. The summed E-state index contributed by atoms with van der Waals surface area (Å²) < 4.78 is 7.27. The lowest BCUT2D eigenvalue weighted by Crippen LogP contribution is -2.38. The Morgan fingerprint density at radius 3 is 2.62 bits per heavy atom. The number of rotatable bonds is 7. The summed E-state index contributed by atoms with van der Waals surface area (Å²) in [5.41, 5.74) is 2.16. The first kappa shape index (κ1) is 18.2. The van der Waals surface area contributed by atoms with E-state index in [0.29, 0.717) is 19.7 Å². The number of hydrogen-bond donors (Lipinski definition) is 0. The second-order valence-corrected chi connectivity index (χ2v) is 6.46. The smallest absolute Gasteiger partial charge is 0.278 e. The van der Waals surface area contributed by atoms with Crippen LogP contribution in [0.3, 0.4) is 0 Å². The van der Waals surface area contributed by atoms with Crippen molar-refractivity contribution in [1.82, 2.24) is 14.6 Å². The fraction of sp³-hybridized carbons (Fsp3) is 0.400. The maximum atomic E-state index is 12.7. The molecule has 0 unspecified atom stereocenters. The van der Waals surface area contributed by atoms with Crippen molar-refractivity contribution in [3.63, 3.8) is 0 Å². The molecule has 3 rings (SSSR count). The van der Waals surface area contributed by atoms with Gasteiger partial charge in [-0.1, -0.05) is 31.5 Å². The Bertz CT molecular complexity index is 853. The molecule has 0 aliphatic carbocycles. The Morgan fingerprint density at radius 1 is 1.12 bits per heavy atom. The van der Waals surface area contributed by atoms with Crippen molar-refractivity contribution in [3.05, 3.63) is 41.6 Å². The highest BCUT2D eigenvalue weighted by Crippen LogP contribution is 2.27. The first-order chi connectivity index (χ1) is 12.6. The number of likely N-dealkylation sites (N-methyl/N-ethyl adjacent to an activating group) is 1. The summed E-state index contributed by atoms with van der Waals surface area (Å²) >= 11 is 0. The summed E-state index contributed by atoms with van der Waals surface area (Å²) in [6.07, 6.45) is 5.54. The van der Waals surface area contributed by atoms with Crippen LogP contribution in [-0.4, -0.2) is 53.7 Å². The Balaban J connectivity index is 1.99. The minimum absolute atomic E-state index is 0.221. The van der Waals surface area contributed by atoms with Gasteiger partial charge in [0.2, 0.25) is 0 Å². The number of unbranched alkanes of at least 4 members (excludes halogenated alkanes) is 1. The summed E-state index contributed by atoms with van der Waals surface area (Å²) in [5.74, 6) is -0.473. The molecule has 0 spiro atoms. The Hall–Kier alpha value is -2.60. The molecule has 0 bridgehead atoms. The van der Waals surface area contributed by atoms with Gasteiger partial charge in [-0.3, -0.25) is 14.6 Å². The lowest BCUT2D eigenvalue weighted by molar-refractivity contribution is -0.143. The van der Waals surface area contributed by atoms with Crippen molar-refractivity contribution in [1.29, 1.82) is 0 Å². The summed E-state index contributed by atoms with van der Waals surface area (Å²) in [5, 5.41) is 3.97. The van der Waals surface area contributed by atoms with Crippen molar-refractivity contribution in [2.45, 2.75) is 26.3 Å². The van der Waals surface area contributed by atoms with Gasteiger partial charge in [0.25, 0.3) is 11.8 Å².